The molecule has 0 radical (unpaired) electrons. The molecule has 0 unspecified atom stereocenters. The van der Waals surface area contributed by atoms with Gasteiger partial charge in [-0.05, 0) is 54.8 Å². The second-order valence-corrected chi connectivity index (χ2v) is 7.34. The number of rotatable bonds is 7. The summed E-state index contributed by atoms with van der Waals surface area (Å²) >= 11 is 0. The second-order valence-electron chi connectivity index (χ2n) is 7.34. The zero-order chi connectivity index (χ0) is 23.5. The van der Waals surface area contributed by atoms with E-state index in [9.17, 15) is 18.8 Å². The van der Waals surface area contributed by atoms with Crippen molar-refractivity contribution in [3.8, 4) is 34.7 Å². The van der Waals surface area contributed by atoms with E-state index >= 15 is 0 Å². The van der Waals surface area contributed by atoms with E-state index < -0.39 is 35.0 Å². The standard InChI is InChI=1S/C23H19F2N3O4/c1-23(2,22(29)30)32-21-19(25)10-18(24)20(28-21)31-17-8-14(12-27)7-16(9-17)15-5-3-4-13(6-15)11-26/h3-10H,11,26H2,1-2H3,(H,29,30). The third kappa shape index (κ3) is 4.99. The van der Waals surface area contributed by atoms with Crippen LogP contribution in [0.15, 0.2) is 48.5 Å². The normalized spacial score (nSPS) is 11.0. The fourth-order valence-electron chi connectivity index (χ4n) is 2.74. The maximum absolute atomic E-state index is 14.3. The molecule has 0 aliphatic carbocycles. The molecule has 0 saturated carbocycles. The third-order valence-electron chi connectivity index (χ3n) is 4.48. The summed E-state index contributed by atoms with van der Waals surface area (Å²) in [6, 6.07) is 14.4. The van der Waals surface area contributed by atoms with Crippen LogP contribution in [-0.4, -0.2) is 21.7 Å². The van der Waals surface area contributed by atoms with Gasteiger partial charge in [-0.3, -0.25) is 0 Å². The molecule has 0 saturated heterocycles. The number of carboxylic acids is 1. The van der Waals surface area contributed by atoms with Gasteiger partial charge >= 0.3 is 5.97 Å². The number of hydrogen-bond acceptors (Lipinski definition) is 6. The number of ether oxygens (including phenoxy) is 2. The Hall–Kier alpha value is -4.03. The number of aliphatic carboxylic acids is 1. The molecular formula is C23H19F2N3O4. The number of hydrogen-bond donors (Lipinski definition) is 2. The fraction of sp³-hybridized carbons (Fsp3) is 0.174. The van der Waals surface area contributed by atoms with E-state index in [0.717, 1.165) is 11.1 Å². The summed E-state index contributed by atoms with van der Waals surface area (Å²) in [4.78, 5) is 14.9. The molecular weight excluding hydrogens is 420 g/mol. The van der Waals surface area contributed by atoms with E-state index in [1.165, 1.54) is 19.9 Å². The molecule has 32 heavy (non-hydrogen) atoms. The molecule has 9 heteroatoms. The Morgan fingerprint density at radius 2 is 1.84 bits per heavy atom. The Morgan fingerprint density at radius 3 is 2.50 bits per heavy atom. The Labute approximate surface area is 182 Å². The number of benzene rings is 2. The molecule has 0 aliphatic rings. The molecule has 1 aromatic heterocycles. The van der Waals surface area contributed by atoms with Crippen LogP contribution in [0.25, 0.3) is 11.1 Å². The van der Waals surface area contributed by atoms with Crippen molar-refractivity contribution in [3.05, 3.63) is 71.3 Å². The number of pyridine rings is 1. The van der Waals surface area contributed by atoms with Gasteiger partial charge in [0.1, 0.15) is 5.75 Å². The van der Waals surface area contributed by atoms with Crippen molar-refractivity contribution < 1.29 is 28.2 Å². The number of nitriles is 1. The highest BCUT2D eigenvalue weighted by molar-refractivity contribution is 5.76. The summed E-state index contributed by atoms with van der Waals surface area (Å²) in [5, 5.41) is 18.5. The Morgan fingerprint density at radius 1 is 1.12 bits per heavy atom. The predicted molar refractivity (Wildman–Crippen MR) is 111 cm³/mol. The smallest absolute Gasteiger partial charge is 0.347 e. The molecule has 3 rings (SSSR count). The lowest BCUT2D eigenvalue weighted by Crippen LogP contribution is -2.38. The van der Waals surface area contributed by atoms with Crippen LogP contribution < -0.4 is 15.2 Å². The molecule has 1 heterocycles. The first-order valence-corrected chi connectivity index (χ1v) is 9.44. The summed E-state index contributed by atoms with van der Waals surface area (Å²) in [5.74, 6) is -4.98. The van der Waals surface area contributed by atoms with Crippen molar-refractivity contribution in [2.45, 2.75) is 26.0 Å². The molecule has 0 spiro atoms. The Bertz CT molecular complexity index is 1220. The first-order valence-electron chi connectivity index (χ1n) is 9.44. The zero-order valence-electron chi connectivity index (χ0n) is 17.2. The molecule has 0 aliphatic heterocycles. The van der Waals surface area contributed by atoms with Crippen molar-refractivity contribution in [1.29, 1.82) is 5.26 Å². The van der Waals surface area contributed by atoms with E-state index in [0.29, 0.717) is 18.2 Å². The minimum absolute atomic E-state index is 0.0682. The number of halogens is 2. The van der Waals surface area contributed by atoms with Crippen LogP contribution in [0.2, 0.25) is 0 Å². The molecule has 3 aromatic rings. The van der Waals surface area contributed by atoms with Gasteiger partial charge in [-0.15, -0.1) is 0 Å². The van der Waals surface area contributed by atoms with Crippen molar-refractivity contribution in [2.75, 3.05) is 0 Å². The maximum Gasteiger partial charge on any atom is 0.347 e. The van der Waals surface area contributed by atoms with Crippen LogP contribution in [0.3, 0.4) is 0 Å². The Balaban J connectivity index is 2.00. The van der Waals surface area contributed by atoms with Gasteiger partial charge in [0.05, 0.1) is 11.6 Å². The van der Waals surface area contributed by atoms with Gasteiger partial charge in [-0.25, -0.2) is 13.6 Å². The summed E-state index contributed by atoms with van der Waals surface area (Å²) in [5.41, 5.74) is 6.35. The molecule has 7 nitrogen and oxygen atoms in total. The quantitative estimate of drug-likeness (QED) is 0.560. The highest BCUT2D eigenvalue weighted by atomic mass is 19.1. The van der Waals surface area contributed by atoms with Gasteiger partial charge in [0, 0.05) is 12.6 Å². The number of carboxylic acid groups (broad SMARTS) is 1. The number of nitrogens with zero attached hydrogens (tertiary/aromatic N) is 2. The highest BCUT2D eigenvalue weighted by Crippen LogP contribution is 2.32. The molecule has 3 N–H and O–H groups in total. The number of nitrogens with two attached hydrogens (primary N) is 1. The molecule has 2 aromatic carbocycles. The molecule has 0 bridgehead atoms. The second kappa shape index (κ2) is 8.99. The van der Waals surface area contributed by atoms with Gasteiger partial charge < -0.3 is 20.3 Å². The lowest BCUT2D eigenvalue weighted by molar-refractivity contribution is -0.152. The van der Waals surface area contributed by atoms with Crippen LogP contribution in [0.5, 0.6) is 17.5 Å². The molecule has 0 fully saturated rings. The van der Waals surface area contributed by atoms with Crippen molar-refractivity contribution >= 4 is 5.97 Å². The van der Waals surface area contributed by atoms with Crippen LogP contribution in [0.4, 0.5) is 8.78 Å². The summed E-state index contributed by atoms with van der Waals surface area (Å²) in [6.07, 6.45) is 0. The highest BCUT2D eigenvalue weighted by Gasteiger charge is 2.32. The monoisotopic (exact) mass is 439 g/mol. The van der Waals surface area contributed by atoms with Crippen molar-refractivity contribution in [2.24, 2.45) is 5.73 Å². The van der Waals surface area contributed by atoms with E-state index in [-0.39, 0.29) is 11.3 Å². The average molecular weight is 439 g/mol. The van der Waals surface area contributed by atoms with Gasteiger partial charge in [0.15, 0.2) is 11.6 Å². The fourth-order valence-corrected chi connectivity index (χ4v) is 2.74. The van der Waals surface area contributed by atoms with Gasteiger partial charge in [-0.1, -0.05) is 18.2 Å². The van der Waals surface area contributed by atoms with E-state index in [1.807, 2.05) is 30.3 Å². The molecule has 0 atom stereocenters. The van der Waals surface area contributed by atoms with E-state index in [2.05, 4.69) is 4.98 Å². The lowest BCUT2D eigenvalue weighted by atomic mass is 10.0. The number of carbonyl (C=O) groups is 1. The predicted octanol–water partition coefficient (Wildman–Crippen LogP) is 4.39. The van der Waals surface area contributed by atoms with Crippen molar-refractivity contribution in [1.82, 2.24) is 4.98 Å². The summed E-state index contributed by atoms with van der Waals surface area (Å²) < 4.78 is 39.0. The average Bonchev–Trinajstić information content (AvgIpc) is 2.76. The van der Waals surface area contributed by atoms with Gasteiger partial charge in [-0.2, -0.15) is 10.2 Å². The first kappa shape index (κ1) is 22.7. The first-order chi connectivity index (χ1) is 15.1. The SMILES string of the molecule is CC(C)(Oc1nc(Oc2cc(C#N)cc(-c3cccc(CN)c3)c2)c(F)cc1F)C(=O)O. The van der Waals surface area contributed by atoms with Gasteiger partial charge in [0.2, 0.25) is 5.60 Å². The van der Waals surface area contributed by atoms with Crippen LogP contribution >= 0.6 is 0 Å². The van der Waals surface area contributed by atoms with Crippen LogP contribution in [0, 0.1) is 23.0 Å². The van der Waals surface area contributed by atoms with Crippen LogP contribution in [0.1, 0.15) is 25.0 Å². The topological polar surface area (TPSA) is 118 Å². The minimum atomic E-state index is -1.81. The van der Waals surface area contributed by atoms with Crippen LogP contribution in [-0.2, 0) is 11.3 Å². The third-order valence-corrected chi connectivity index (χ3v) is 4.48. The number of aromatic nitrogens is 1. The lowest BCUT2D eigenvalue weighted by Gasteiger charge is -2.21. The molecule has 0 amide bonds. The van der Waals surface area contributed by atoms with E-state index in [1.54, 1.807) is 12.1 Å². The zero-order valence-corrected chi connectivity index (χ0v) is 17.2. The van der Waals surface area contributed by atoms with E-state index in [4.69, 9.17) is 20.3 Å². The summed E-state index contributed by atoms with van der Waals surface area (Å²) in [7, 11) is 0. The maximum atomic E-state index is 14.3. The van der Waals surface area contributed by atoms with Gasteiger partial charge in [0.25, 0.3) is 11.8 Å². The summed E-state index contributed by atoms with van der Waals surface area (Å²) in [6.45, 7) is 2.71. The largest absolute Gasteiger partial charge is 0.478 e. The molecule has 164 valence electrons. The minimum Gasteiger partial charge on any atom is -0.478 e. The Kier molecular flexibility index (Phi) is 6.37. The van der Waals surface area contributed by atoms with Crippen molar-refractivity contribution in [3.63, 3.8) is 0 Å².